The number of carbonyl (C=O) groups is 1. The number of carbonyl (C=O) groups excluding carboxylic acids is 1. The maximum Gasteiger partial charge on any atom is 0.310 e. The Labute approximate surface area is 106 Å². The highest BCUT2D eigenvalue weighted by Crippen LogP contribution is 2.24. The first-order chi connectivity index (χ1) is 8.71. The van der Waals surface area contributed by atoms with E-state index < -0.39 is 0 Å². The van der Waals surface area contributed by atoms with Gasteiger partial charge in [0.05, 0.1) is 27.2 Å². The van der Waals surface area contributed by atoms with Crippen LogP contribution in [0.15, 0.2) is 18.2 Å². The summed E-state index contributed by atoms with van der Waals surface area (Å²) in [6.45, 7) is 0.234. The molecule has 100 valence electrons. The van der Waals surface area contributed by atoms with Gasteiger partial charge in [-0.05, 0) is 18.2 Å². The zero-order chi connectivity index (χ0) is 13.4. The zero-order valence-corrected chi connectivity index (χ0v) is 10.6. The van der Waals surface area contributed by atoms with Crippen molar-refractivity contribution in [3.63, 3.8) is 0 Å². The predicted molar refractivity (Wildman–Crippen MR) is 65.9 cm³/mol. The third-order valence-electron chi connectivity index (χ3n) is 2.39. The van der Waals surface area contributed by atoms with E-state index >= 15 is 0 Å². The molecule has 0 radical (unpaired) electrons. The van der Waals surface area contributed by atoms with Gasteiger partial charge in [-0.25, -0.2) is 0 Å². The van der Waals surface area contributed by atoms with Gasteiger partial charge in [-0.3, -0.25) is 4.79 Å². The molecule has 5 heteroatoms. The van der Waals surface area contributed by atoms with Crippen LogP contribution in [0.4, 0.5) is 0 Å². The Kier molecular flexibility index (Phi) is 6.00. The summed E-state index contributed by atoms with van der Waals surface area (Å²) in [4.78, 5) is 11.6. The number of hydrogen-bond acceptors (Lipinski definition) is 5. The van der Waals surface area contributed by atoms with E-state index in [1.54, 1.807) is 32.4 Å². The monoisotopic (exact) mass is 254 g/mol. The van der Waals surface area contributed by atoms with Crippen LogP contribution in [-0.2, 0) is 16.0 Å². The van der Waals surface area contributed by atoms with Crippen molar-refractivity contribution < 1.29 is 24.1 Å². The number of hydrogen-bond donors (Lipinski definition) is 1. The first kappa shape index (κ1) is 14.3. The Bertz CT molecular complexity index is 389. The highest BCUT2D eigenvalue weighted by molar-refractivity contribution is 5.73. The molecule has 0 unspecified atom stereocenters. The average Bonchev–Trinajstić information content (AvgIpc) is 2.39. The van der Waals surface area contributed by atoms with Crippen molar-refractivity contribution in [1.82, 2.24) is 0 Å². The fourth-order valence-corrected chi connectivity index (χ4v) is 1.48. The van der Waals surface area contributed by atoms with Crippen LogP contribution in [0.2, 0.25) is 0 Å². The van der Waals surface area contributed by atoms with Crippen LogP contribution in [0, 0.1) is 0 Å². The van der Waals surface area contributed by atoms with Crippen molar-refractivity contribution in [2.75, 3.05) is 27.4 Å². The number of benzene rings is 1. The molecule has 1 rings (SSSR count). The first-order valence-corrected chi connectivity index (χ1v) is 5.68. The first-order valence-electron chi connectivity index (χ1n) is 5.68. The van der Waals surface area contributed by atoms with Crippen molar-refractivity contribution in [1.29, 1.82) is 0 Å². The Hall–Kier alpha value is -1.75. The molecule has 0 spiro atoms. The van der Waals surface area contributed by atoms with Crippen LogP contribution in [0.25, 0.3) is 0 Å². The number of esters is 1. The van der Waals surface area contributed by atoms with E-state index in [-0.39, 0.29) is 25.6 Å². The molecule has 0 fully saturated rings. The summed E-state index contributed by atoms with van der Waals surface area (Å²) < 4.78 is 15.2. The number of aliphatic hydroxyl groups is 1. The summed E-state index contributed by atoms with van der Waals surface area (Å²) in [6, 6.07) is 5.25. The normalized spacial score (nSPS) is 9.94. The summed E-state index contributed by atoms with van der Waals surface area (Å²) in [5.41, 5.74) is 0.714. The molecule has 0 atom stereocenters. The smallest absolute Gasteiger partial charge is 0.310 e. The van der Waals surface area contributed by atoms with Crippen LogP contribution < -0.4 is 9.47 Å². The lowest BCUT2D eigenvalue weighted by Crippen LogP contribution is -2.10. The maximum atomic E-state index is 11.6. The van der Waals surface area contributed by atoms with E-state index in [1.165, 1.54) is 0 Å². The molecule has 1 N–H and O–H groups in total. The van der Waals surface area contributed by atoms with Gasteiger partial charge in [0.15, 0.2) is 0 Å². The number of aliphatic hydroxyl groups excluding tert-OH is 1. The second-order valence-electron chi connectivity index (χ2n) is 3.65. The predicted octanol–water partition coefficient (Wildman–Crippen LogP) is 1.17. The Morgan fingerprint density at radius 2 is 2.06 bits per heavy atom. The van der Waals surface area contributed by atoms with Crippen molar-refractivity contribution >= 4 is 5.97 Å². The lowest BCUT2D eigenvalue weighted by molar-refractivity contribution is -0.143. The summed E-state index contributed by atoms with van der Waals surface area (Å²) in [7, 11) is 3.10. The lowest BCUT2D eigenvalue weighted by atomic mass is 10.1. The Balaban J connectivity index is 2.66. The topological polar surface area (TPSA) is 65.0 Å². The van der Waals surface area contributed by atoms with E-state index in [9.17, 15) is 4.79 Å². The van der Waals surface area contributed by atoms with Gasteiger partial charge in [0.25, 0.3) is 0 Å². The van der Waals surface area contributed by atoms with Crippen LogP contribution in [0.5, 0.6) is 11.5 Å². The molecule has 0 amide bonds. The molecule has 18 heavy (non-hydrogen) atoms. The van der Waals surface area contributed by atoms with Crippen LogP contribution in [-0.4, -0.2) is 38.5 Å². The highest BCUT2D eigenvalue weighted by atomic mass is 16.5. The zero-order valence-electron chi connectivity index (χ0n) is 10.6. The molecular formula is C13H18O5. The molecule has 0 aliphatic carbocycles. The SMILES string of the molecule is COc1ccc(OC)c(CC(=O)OCCCO)c1. The van der Waals surface area contributed by atoms with Crippen molar-refractivity contribution in [2.45, 2.75) is 12.8 Å². The molecule has 0 aliphatic rings. The van der Waals surface area contributed by atoms with Gasteiger partial charge in [-0.1, -0.05) is 0 Å². The number of rotatable bonds is 7. The molecular weight excluding hydrogens is 236 g/mol. The molecule has 1 aromatic carbocycles. The third kappa shape index (κ3) is 4.25. The minimum Gasteiger partial charge on any atom is -0.497 e. The van der Waals surface area contributed by atoms with E-state index in [0.29, 0.717) is 23.5 Å². The summed E-state index contributed by atoms with van der Waals surface area (Å²) in [5.74, 6) is 0.930. The Morgan fingerprint density at radius 1 is 1.28 bits per heavy atom. The fourth-order valence-electron chi connectivity index (χ4n) is 1.48. The minimum absolute atomic E-state index is 0.00968. The standard InChI is InChI=1S/C13H18O5/c1-16-11-4-5-12(17-2)10(8-11)9-13(15)18-7-3-6-14/h4-5,8,14H,3,6-7,9H2,1-2H3. The maximum absolute atomic E-state index is 11.6. The largest absolute Gasteiger partial charge is 0.497 e. The second kappa shape index (κ2) is 7.55. The molecule has 0 heterocycles. The van der Waals surface area contributed by atoms with Crippen molar-refractivity contribution in [2.24, 2.45) is 0 Å². The summed E-state index contributed by atoms with van der Waals surface area (Å²) in [6.07, 6.45) is 0.562. The number of ether oxygens (including phenoxy) is 3. The molecule has 0 aliphatic heterocycles. The quantitative estimate of drug-likeness (QED) is 0.584. The van der Waals surface area contributed by atoms with E-state index in [2.05, 4.69) is 0 Å². The van der Waals surface area contributed by atoms with Crippen LogP contribution >= 0.6 is 0 Å². The van der Waals surface area contributed by atoms with Gasteiger partial charge in [-0.15, -0.1) is 0 Å². The van der Waals surface area contributed by atoms with E-state index in [4.69, 9.17) is 19.3 Å². The van der Waals surface area contributed by atoms with Gasteiger partial charge in [0, 0.05) is 18.6 Å². The molecule has 0 bridgehead atoms. The molecule has 1 aromatic rings. The Morgan fingerprint density at radius 3 is 2.67 bits per heavy atom. The van der Waals surface area contributed by atoms with E-state index in [0.717, 1.165) is 0 Å². The van der Waals surface area contributed by atoms with Crippen LogP contribution in [0.3, 0.4) is 0 Å². The molecule has 5 nitrogen and oxygen atoms in total. The van der Waals surface area contributed by atoms with Gasteiger partial charge in [0.2, 0.25) is 0 Å². The summed E-state index contributed by atoms with van der Waals surface area (Å²) in [5, 5.41) is 8.59. The van der Waals surface area contributed by atoms with E-state index in [1.807, 2.05) is 0 Å². The fraction of sp³-hybridized carbons (Fsp3) is 0.462. The highest BCUT2D eigenvalue weighted by Gasteiger charge is 2.11. The van der Waals surface area contributed by atoms with Gasteiger partial charge in [0.1, 0.15) is 11.5 Å². The third-order valence-corrected chi connectivity index (χ3v) is 2.39. The van der Waals surface area contributed by atoms with Gasteiger partial charge < -0.3 is 19.3 Å². The second-order valence-corrected chi connectivity index (χ2v) is 3.65. The summed E-state index contributed by atoms with van der Waals surface area (Å²) >= 11 is 0. The lowest BCUT2D eigenvalue weighted by Gasteiger charge is -2.10. The van der Waals surface area contributed by atoms with Crippen molar-refractivity contribution in [3.05, 3.63) is 23.8 Å². The molecule has 0 saturated heterocycles. The van der Waals surface area contributed by atoms with Gasteiger partial charge in [-0.2, -0.15) is 0 Å². The van der Waals surface area contributed by atoms with Crippen molar-refractivity contribution in [3.8, 4) is 11.5 Å². The van der Waals surface area contributed by atoms with Gasteiger partial charge >= 0.3 is 5.97 Å². The average molecular weight is 254 g/mol. The minimum atomic E-state index is -0.352. The molecule has 0 aromatic heterocycles. The molecule has 0 saturated carbocycles. The van der Waals surface area contributed by atoms with Crippen LogP contribution in [0.1, 0.15) is 12.0 Å². The number of methoxy groups -OCH3 is 2.